The first-order valence-electron chi connectivity index (χ1n) is 14.6. The number of amides is 1. The van der Waals surface area contributed by atoms with Crippen molar-refractivity contribution >= 4 is 27.5 Å². The molecule has 42 heavy (non-hydrogen) atoms. The van der Waals surface area contributed by atoms with Crippen molar-refractivity contribution in [3.63, 3.8) is 0 Å². The summed E-state index contributed by atoms with van der Waals surface area (Å²) in [6, 6.07) is 17.5. The molecule has 0 unspecified atom stereocenters. The minimum Gasteiger partial charge on any atom is -0.487 e. The van der Waals surface area contributed by atoms with Crippen LogP contribution in [0.5, 0.6) is 5.75 Å². The predicted molar refractivity (Wildman–Crippen MR) is 164 cm³/mol. The van der Waals surface area contributed by atoms with E-state index >= 15 is 0 Å². The van der Waals surface area contributed by atoms with Crippen LogP contribution < -0.4 is 15.4 Å². The summed E-state index contributed by atoms with van der Waals surface area (Å²) in [5.74, 6) is 2.22. The zero-order valence-corrected chi connectivity index (χ0v) is 25.2. The molecule has 7 rings (SSSR count). The van der Waals surface area contributed by atoms with Crippen molar-refractivity contribution in [2.45, 2.75) is 55.7 Å². The van der Waals surface area contributed by atoms with E-state index in [2.05, 4.69) is 59.8 Å². The molecule has 3 aliphatic rings. The number of fused-ring (bicyclic) bond motifs is 1. The highest BCUT2D eigenvalue weighted by Crippen LogP contribution is 2.49. The third-order valence-corrected chi connectivity index (χ3v) is 9.54. The van der Waals surface area contributed by atoms with Gasteiger partial charge in [0.1, 0.15) is 11.4 Å². The maximum atomic E-state index is 13.7. The number of pyridine rings is 1. The average molecular weight is 629 g/mol. The van der Waals surface area contributed by atoms with Gasteiger partial charge >= 0.3 is 0 Å². The number of hydrogen-bond acceptors (Lipinski definition) is 7. The van der Waals surface area contributed by atoms with Crippen LogP contribution in [-0.2, 0) is 5.54 Å². The Hall–Kier alpha value is -3.76. The van der Waals surface area contributed by atoms with Gasteiger partial charge in [-0.2, -0.15) is 5.10 Å². The smallest absolute Gasteiger partial charge is 0.251 e. The number of aromatic nitrogens is 4. The fraction of sp³-hybridized carbons (Fsp3) is 0.375. The minimum absolute atomic E-state index is 0.0944. The maximum Gasteiger partial charge on any atom is 0.251 e. The first-order valence-corrected chi connectivity index (χ1v) is 15.4. The predicted octanol–water partition coefficient (Wildman–Crippen LogP) is 5.84. The molecule has 1 saturated heterocycles. The molecule has 2 fully saturated rings. The van der Waals surface area contributed by atoms with Crippen LogP contribution in [0.1, 0.15) is 66.3 Å². The van der Waals surface area contributed by atoms with Crippen LogP contribution in [0.3, 0.4) is 0 Å². The fourth-order valence-corrected chi connectivity index (χ4v) is 6.81. The van der Waals surface area contributed by atoms with E-state index in [4.69, 9.17) is 9.72 Å². The molecule has 1 amide bonds. The molecule has 4 heterocycles. The van der Waals surface area contributed by atoms with E-state index in [1.54, 1.807) is 12.4 Å². The molecular weight excluding hydrogens is 594 g/mol. The van der Waals surface area contributed by atoms with Gasteiger partial charge in [0.25, 0.3) is 5.91 Å². The molecule has 1 saturated carbocycles. The Balaban J connectivity index is 1.14. The average Bonchev–Trinajstić information content (AvgIpc) is 3.50. The summed E-state index contributed by atoms with van der Waals surface area (Å²) in [6.45, 7) is 1.83. The number of carbonyl (C=O) groups is 1. The lowest BCUT2D eigenvalue weighted by Gasteiger charge is -2.48. The van der Waals surface area contributed by atoms with E-state index in [1.807, 2.05) is 48.5 Å². The van der Waals surface area contributed by atoms with Crippen LogP contribution in [0.2, 0.25) is 0 Å². The molecule has 9 nitrogen and oxygen atoms in total. The molecule has 1 spiro atoms. The number of H-pyrrole nitrogens is 1. The Morgan fingerprint density at radius 1 is 1.07 bits per heavy atom. The lowest BCUT2D eigenvalue weighted by atomic mass is 9.73. The number of aromatic amines is 1. The van der Waals surface area contributed by atoms with Gasteiger partial charge < -0.3 is 20.3 Å². The molecule has 1 aliphatic carbocycles. The van der Waals surface area contributed by atoms with Gasteiger partial charge in [0.05, 0.1) is 11.6 Å². The van der Waals surface area contributed by atoms with E-state index in [0.29, 0.717) is 11.4 Å². The molecule has 4 aromatic rings. The Kier molecular flexibility index (Phi) is 6.98. The molecule has 0 radical (unpaired) electrons. The van der Waals surface area contributed by atoms with Crippen molar-refractivity contribution in [3.05, 3.63) is 88.4 Å². The topological polar surface area (TPSA) is 108 Å². The van der Waals surface area contributed by atoms with Crippen LogP contribution in [0.15, 0.2) is 71.5 Å². The van der Waals surface area contributed by atoms with Gasteiger partial charge in [-0.25, -0.2) is 4.98 Å². The molecular formula is C32H34BrN7O2. The summed E-state index contributed by atoms with van der Waals surface area (Å²) in [7, 11) is 2.14. The lowest BCUT2D eigenvalue weighted by molar-refractivity contribution is -0.0360. The highest BCUT2D eigenvalue weighted by atomic mass is 79.9. The van der Waals surface area contributed by atoms with Crippen molar-refractivity contribution in [2.24, 2.45) is 0 Å². The summed E-state index contributed by atoms with van der Waals surface area (Å²) in [5, 5.41) is 14.9. The Morgan fingerprint density at radius 3 is 2.64 bits per heavy atom. The summed E-state index contributed by atoms with van der Waals surface area (Å²) in [4.78, 5) is 25.0. The lowest BCUT2D eigenvalue weighted by Crippen LogP contribution is -2.49. The Morgan fingerprint density at radius 2 is 1.88 bits per heavy atom. The second-order valence-corrected chi connectivity index (χ2v) is 12.8. The summed E-state index contributed by atoms with van der Waals surface area (Å²) >= 11 is 3.59. The van der Waals surface area contributed by atoms with Crippen LogP contribution >= 0.6 is 15.9 Å². The first kappa shape index (κ1) is 27.1. The standard InChI is InChI=1S/C32H34BrN7O2/c1-40-16-12-32(13-17-40,30-36-28(38-39-30)21-8-14-34-15-9-21)37-24-5-2-4-22(18-24)29(41)35-26-20-31(10-3-11-31)42-27-7-6-23(33)19-25(26)27/h2,4-9,14-15,18-19,26,37H,3,10-13,16-17,20H2,1H3,(H,35,41)(H,36,38,39)/t26-/m1/s1. The van der Waals surface area contributed by atoms with E-state index in [1.165, 1.54) is 0 Å². The number of hydrogen-bond donors (Lipinski definition) is 3. The highest BCUT2D eigenvalue weighted by molar-refractivity contribution is 9.10. The van der Waals surface area contributed by atoms with Crippen molar-refractivity contribution < 1.29 is 9.53 Å². The number of likely N-dealkylation sites (tertiary alicyclic amines) is 1. The van der Waals surface area contributed by atoms with Crippen molar-refractivity contribution in [1.82, 2.24) is 30.4 Å². The van der Waals surface area contributed by atoms with E-state index < -0.39 is 5.54 Å². The van der Waals surface area contributed by atoms with Crippen LogP contribution in [-0.4, -0.2) is 56.7 Å². The van der Waals surface area contributed by atoms with Crippen LogP contribution in [0, 0.1) is 0 Å². The number of nitrogens with zero attached hydrogens (tertiary/aromatic N) is 4. The minimum atomic E-state index is -0.442. The quantitative estimate of drug-likeness (QED) is 0.246. The molecule has 216 valence electrons. The van der Waals surface area contributed by atoms with Gasteiger partial charge in [-0.1, -0.05) is 22.0 Å². The van der Waals surface area contributed by atoms with E-state index in [9.17, 15) is 4.79 Å². The molecule has 2 aliphatic heterocycles. The number of nitrogens with one attached hydrogen (secondary N) is 3. The van der Waals surface area contributed by atoms with Gasteiger partial charge in [0, 0.05) is 58.8 Å². The second kappa shape index (κ2) is 10.8. The molecule has 10 heteroatoms. The molecule has 2 aromatic heterocycles. The summed E-state index contributed by atoms with van der Waals surface area (Å²) in [5.41, 5.74) is 2.81. The number of rotatable bonds is 6. The van der Waals surface area contributed by atoms with E-state index in [-0.39, 0.29) is 17.6 Å². The van der Waals surface area contributed by atoms with Crippen molar-refractivity contribution in [1.29, 1.82) is 0 Å². The van der Waals surface area contributed by atoms with Crippen LogP contribution in [0.25, 0.3) is 11.4 Å². The summed E-state index contributed by atoms with van der Waals surface area (Å²) in [6.07, 6.45) is 9.17. The number of benzene rings is 2. The van der Waals surface area contributed by atoms with Crippen LogP contribution in [0.4, 0.5) is 5.69 Å². The van der Waals surface area contributed by atoms with Gasteiger partial charge in [-0.3, -0.25) is 14.9 Å². The van der Waals surface area contributed by atoms with E-state index in [0.717, 1.165) is 84.5 Å². The number of halogens is 1. The molecule has 0 bridgehead atoms. The Bertz CT molecular complexity index is 1600. The normalized spacial score (nSPS) is 20.7. The number of ether oxygens (including phenoxy) is 1. The van der Waals surface area contributed by atoms with Crippen molar-refractivity contribution in [3.8, 4) is 17.1 Å². The summed E-state index contributed by atoms with van der Waals surface area (Å²) < 4.78 is 7.39. The number of carbonyl (C=O) groups excluding carboxylic acids is 1. The largest absolute Gasteiger partial charge is 0.487 e. The fourth-order valence-electron chi connectivity index (χ4n) is 6.43. The molecule has 1 atom stereocenters. The second-order valence-electron chi connectivity index (χ2n) is 11.9. The van der Waals surface area contributed by atoms with Gasteiger partial charge in [0.2, 0.25) is 0 Å². The maximum absolute atomic E-state index is 13.7. The van der Waals surface area contributed by atoms with Crippen molar-refractivity contribution in [2.75, 3.05) is 25.5 Å². The number of anilines is 1. The number of piperidine rings is 1. The Labute approximate surface area is 253 Å². The van der Waals surface area contributed by atoms with Gasteiger partial charge in [-0.15, -0.1) is 0 Å². The third kappa shape index (κ3) is 5.18. The van der Waals surface area contributed by atoms with Gasteiger partial charge in [0.15, 0.2) is 11.6 Å². The highest BCUT2D eigenvalue weighted by Gasteiger charge is 2.46. The zero-order chi connectivity index (χ0) is 28.7. The van der Waals surface area contributed by atoms with Gasteiger partial charge in [-0.05, 0) is 87.7 Å². The molecule has 2 aromatic carbocycles. The SMILES string of the molecule is CN1CCC(Nc2cccc(C(=O)N[C@@H]3CC4(CCC4)Oc4ccc(Br)cc43)c2)(c2nc(-c3ccncc3)n[nH]2)CC1. The first-order chi connectivity index (χ1) is 20.4. The monoisotopic (exact) mass is 627 g/mol. The third-order valence-electron chi connectivity index (χ3n) is 9.05. The molecule has 3 N–H and O–H groups in total. The zero-order valence-electron chi connectivity index (χ0n) is 23.6.